The van der Waals surface area contributed by atoms with Crippen molar-refractivity contribution in [3.05, 3.63) is 24.2 Å². The van der Waals surface area contributed by atoms with Crippen LogP contribution in [-0.4, -0.2) is 24.4 Å². The third-order valence-electron chi connectivity index (χ3n) is 1.67. The van der Waals surface area contributed by atoms with Crippen molar-refractivity contribution in [3.8, 4) is 0 Å². The summed E-state index contributed by atoms with van der Waals surface area (Å²) in [6.45, 7) is 0. The second-order valence-electron chi connectivity index (χ2n) is 3.44. The fraction of sp³-hybridized carbons (Fsp3) is 0.500. The summed E-state index contributed by atoms with van der Waals surface area (Å²) in [6, 6.07) is -7.43. The molecular formula is C8F14O3. The van der Waals surface area contributed by atoms with Crippen molar-refractivity contribution in [3.63, 3.8) is 0 Å². The van der Waals surface area contributed by atoms with Crippen molar-refractivity contribution in [1.82, 2.24) is 0 Å². The molecule has 25 heavy (non-hydrogen) atoms. The van der Waals surface area contributed by atoms with E-state index in [9.17, 15) is 61.5 Å². The SMILES string of the molecule is FC(F)=C(F)OC(F)(F)C(F)(F)OC(F)(F)C(F)(F)OC(F)=C(F)F. The van der Waals surface area contributed by atoms with Gasteiger partial charge in [-0.15, -0.1) is 0 Å². The summed E-state index contributed by atoms with van der Waals surface area (Å²) in [5, 5.41) is 0. The lowest BCUT2D eigenvalue weighted by Gasteiger charge is -2.30. The molecule has 0 saturated carbocycles. The monoisotopic (exact) mass is 410 g/mol. The van der Waals surface area contributed by atoms with E-state index in [1.54, 1.807) is 4.74 Å². The van der Waals surface area contributed by atoms with Crippen LogP contribution in [0.25, 0.3) is 0 Å². The van der Waals surface area contributed by atoms with Crippen molar-refractivity contribution in [2.24, 2.45) is 0 Å². The topological polar surface area (TPSA) is 27.7 Å². The third-order valence-corrected chi connectivity index (χ3v) is 1.67. The molecule has 0 aromatic rings. The Bertz CT molecular complexity index is 496. The predicted molar refractivity (Wildman–Crippen MR) is 43.7 cm³/mol. The zero-order chi connectivity index (χ0) is 20.4. The summed E-state index contributed by atoms with van der Waals surface area (Å²) in [5.41, 5.74) is 0. The Hall–Kier alpha value is -1.94. The van der Waals surface area contributed by atoms with Crippen LogP contribution in [0, 0.1) is 0 Å². The molecule has 148 valence electrons. The second-order valence-corrected chi connectivity index (χ2v) is 3.44. The lowest BCUT2D eigenvalue weighted by molar-refractivity contribution is -0.524. The van der Waals surface area contributed by atoms with E-state index in [0.29, 0.717) is 0 Å². The van der Waals surface area contributed by atoms with Gasteiger partial charge in [0.1, 0.15) is 0 Å². The zero-order valence-electron chi connectivity index (χ0n) is 10.5. The lowest BCUT2D eigenvalue weighted by Crippen LogP contribution is -2.54. The molecule has 0 radical (unpaired) electrons. The standard InChI is InChI=1S/C8F14O3/c9-1(10)3(13)23-5(15,16)7(19,20)25-8(21,22)6(17,18)24-4(14)2(11)12. The quantitative estimate of drug-likeness (QED) is 0.392. The summed E-state index contributed by atoms with van der Waals surface area (Å²) in [4.78, 5) is 0. The molecule has 17 heteroatoms. The number of alkyl halides is 8. The van der Waals surface area contributed by atoms with Crippen LogP contribution in [0.3, 0.4) is 0 Å². The van der Waals surface area contributed by atoms with Crippen LogP contribution in [0.4, 0.5) is 61.5 Å². The van der Waals surface area contributed by atoms with Gasteiger partial charge >= 0.3 is 48.6 Å². The maximum Gasteiger partial charge on any atom is 0.496 e. The van der Waals surface area contributed by atoms with E-state index >= 15 is 0 Å². The second kappa shape index (κ2) is 7.12. The average molecular weight is 410 g/mol. The summed E-state index contributed by atoms with van der Waals surface area (Å²) in [6.07, 6.45) is -35.0. The third kappa shape index (κ3) is 5.53. The van der Waals surface area contributed by atoms with Gasteiger partial charge in [0.05, 0.1) is 0 Å². The van der Waals surface area contributed by atoms with Crippen LogP contribution < -0.4 is 0 Å². The smallest absolute Gasteiger partial charge is 0.396 e. The maximum absolute atomic E-state index is 12.7. The fourth-order valence-electron chi connectivity index (χ4n) is 0.701. The average Bonchev–Trinajstić information content (AvgIpc) is 2.35. The highest BCUT2D eigenvalue weighted by Gasteiger charge is 2.73. The Morgan fingerprint density at radius 3 is 0.880 bits per heavy atom. The molecule has 0 atom stereocenters. The predicted octanol–water partition coefficient (Wildman–Crippen LogP) is 5.48. The fourth-order valence-corrected chi connectivity index (χ4v) is 0.701. The van der Waals surface area contributed by atoms with Crippen molar-refractivity contribution in [2.45, 2.75) is 24.4 Å². The van der Waals surface area contributed by atoms with Gasteiger partial charge in [-0.25, -0.2) is 4.74 Å². The van der Waals surface area contributed by atoms with E-state index in [2.05, 4.69) is 0 Å². The first-order valence-electron chi connectivity index (χ1n) is 4.87. The maximum atomic E-state index is 12.7. The minimum atomic E-state index is -6.97. The van der Waals surface area contributed by atoms with Gasteiger partial charge < -0.3 is 9.47 Å². The minimum Gasteiger partial charge on any atom is -0.396 e. The van der Waals surface area contributed by atoms with E-state index < -0.39 is 48.6 Å². The van der Waals surface area contributed by atoms with Crippen molar-refractivity contribution in [1.29, 1.82) is 0 Å². The number of hydrogen-bond donors (Lipinski definition) is 0. The van der Waals surface area contributed by atoms with Crippen LogP contribution in [0.5, 0.6) is 0 Å². The highest BCUT2D eigenvalue weighted by molar-refractivity contribution is 4.87. The first-order chi connectivity index (χ1) is 10.9. The highest BCUT2D eigenvalue weighted by atomic mass is 19.4. The molecule has 0 heterocycles. The van der Waals surface area contributed by atoms with Crippen LogP contribution in [-0.2, 0) is 14.2 Å². The van der Waals surface area contributed by atoms with Gasteiger partial charge in [-0.1, -0.05) is 0 Å². The number of halogens is 14. The van der Waals surface area contributed by atoms with Crippen LogP contribution in [0.1, 0.15) is 0 Å². The van der Waals surface area contributed by atoms with Gasteiger partial charge in [-0.3, -0.25) is 0 Å². The van der Waals surface area contributed by atoms with E-state index in [-0.39, 0.29) is 0 Å². The molecule has 3 nitrogen and oxygen atoms in total. The number of rotatable bonds is 8. The Kier molecular flexibility index (Phi) is 6.57. The summed E-state index contributed by atoms with van der Waals surface area (Å²) < 4.78 is 177. The van der Waals surface area contributed by atoms with Crippen molar-refractivity contribution in [2.75, 3.05) is 0 Å². The Morgan fingerprint density at radius 1 is 0.440 bits per heavy atom. The van der Waals surface area contributed by atoms with Gasteiger partial charge in [0.25, 0.3) is 0 Å². The first kappa shape index (κ1) is 23.1. The van der Waals surface area contributed by atoms with Crippen molar-refractivity contribution < 1.29 is 75.7 Å². The van der Waals surface area contributed by atoms with Gasteiger partial charge in [0, 0.05) is 0 Å². The lowest BCUT2D eigenvalue weighted by atomic mass is 10.5. The van der Waals surface area contributed by atoms with Crippen LogP contribution in [0.2, 0.25) is 0 Å². The van der Waals surface area contributed by atoms with Gasteiger partial charge in [-0.05, 0) is 0 Å². The molecule has 0 N–H and O–H groups in total. The number of ether oxygens (including phenoxy) is 3. The Morgan fingerprint density at radius 2 is 0.680 bits per heavy atom. The van der Waals surface area contributed by atoms with Gasteiger partial charge in [0.15, 0.2) is 0 Å². The number of hydrogen-bond acceptors (Lipinski definition) is 3. The molecule has 0 aliphatic carbocycles. The van der Waals surface area contributed by atoms with Gasteiger partial charge in [-0.2, -0.15) is 61.5 Å². The Labute approximate surface area is 126 Å². The molecule has 0 aliphatic rings. The van der Waals surface area contributed by atoms with Crippen molar-refractivity contribution >= 4 is 0 Å². The molecule has 0 aliphatic heterocycles. The van der Waals surface area contributed by atoms with Crippen LogP contribution >= 0.6 is 0 Å². The largest absolute Gasteiger partial charge is 0.496 e. The van der Waals surface area contributed by atoms with E-state index in [4.69, 9.17) is 0 Å². The normalized spacial score (nSPS) is 13.4. The summed E-state index contributed by atoms with van der Waals surface area (Å²) in [5.74, 6) is 0. The molecule has 0 saturated heterocycles. The molecule has 0 amide bonds. The molecule has 0 aromatic carbocycles. The zero-order valence-corrected chi connectivity index (χ0v) is 10.5. The highest BCUT2D eigenvalue weighted by Crippen LogP contribution is 2.47. The molecule has 0 unspecified atom stereocenters. The molecule has 0 spiro atoms. The molecule has 0 fully saturated rings. The Balaban J connectivity index is 5.56. The first-order valence-corrected chi connectivity index (χ1v) is 4.87. The molecule has 0 bridgehead atoms. The van der Waals surface area contributed by atoms with E-state index in [1.807, 2.05) is 9.47 Å². The summed E-state index contributed by atoms with van der Waals surface area (Å²) >= 11 is 0. The summed E-state index contributed by atoms with van der Waals surface area (Å²) in [7, 11) is 0. The van der Waals surface area contributed by atoms with E-state index in [1.165, 1.54) is 0 Å². The van der Waals surface area contributed by atoms with E-state index in [0.717, 1.165) is 0 Å². The molecule has 0 aromatic heterocycles. The van der Waals surface area contributed by atoms with Gasteiger partial charge in [0.2, 0.25) is 0 Å². The molecule has 0 rings (SSSR count). The molecular weight excluding hydrogens is 410 g/mol. The minimum absolute atomic E-state index is 1.63. The van der Waals surface area contributed by atoms with Crippen LogP contribution in [0.15, 0.2) is 24.2 Å².